The third-order valence-electron chi connectivity index (χ3n) is 2.76. The van der Waals surface area contributed by atoms with Crippen molar-refractivity contribution < 1.29 is 4.42 Å². The van der Waals surface area contributed by atoms with Crippen LogP contribution in [-0.4, -0.2) is 13.1 Å². The topological polar surface area (TPSA) is 25.2 Å². The molecule has 0 spiro atoms. The van der Waals surface area contributed by atoms with Crippen LogP contribution in [0.5, 0.6) is 0 Å². The number of furan rings is 1. The average molecular weight is 165 g/mol. The predicted molar refractivity (Wildman–Crippen MR) is 48.1 cm³/mol. The summed E-state index contributed by atoms with van der Waals surface area (Å²) in [6, 6.07) is 2.09. The minimum atomic E-state index is 0.699. The van der Waals surface area contributed by atoms with Crippen molar-refractivity contribution in [3.8, 4) is 0 Å². The first-order chi connectivity index (χ1) is 5.88. The highest BCUT2D eigenvalue weighted by atomic mass is 16.3. The Kier molecular flexibility index (Phi) is 2.17. The molecule has 1 saturated heterocycles. The minimum absolute atomic E-state index is 0.699. The largest absolute Gasteiger partial charge is 0.472 e. The molecule has 2 rings (SSSR count). The molecule has 1 aromatic rings. The molecule has 12 heavy (non-hydrogen) atoms. The minimum Gasteiger partial charge on any atom is -0.472 e. The molecule has 0 radical (unpaired) electrons. The van der Waals surface area contributed by atoms with Gasteiger partial charge in [0, 0.05) is 0 Å². The van der Waals surface area contributed by atoms with E-state index in [1.54, 1.807) is 6.26 Å². The number of nitrogens with one attached hydrogen (secondary N) is 1. The molecule has 1 aromatic heterocycles. The van der Waals surface area contributed by atoms with Crippen molar-refractivity contribution in [1.82, 2.24) is 5.32 Å². The molecular formula is C10H15NO. The van der Waals surface area contributed by atoms with Crippen LogP contribution in [0.3, 0.4) is 0 Å². The lowest BCUT2D eigenvalue weighted by atomic mass is 9.84. The van der Waals surface area contributed by atoms with Gasteiger partial charge in [0.25, 0.3) is 0 Å². The monoisotopic (exact) mass is 165 g/mol. The van der Waals surface area contributed by atoms with Gasteiger partial charge in [-0.3, -0.25) is 0 Å². The Morgan fingerprint density at radius 3 is 3.17 bits per heavy atom. The van der Waals surface area contributed by atoms with Crippen LogP contribution < -0.4 is 5.32 Å². The molecule has 1 fully saturated rings. The summed E-state index contributed by atoms with van der Waals surface area (Å²) >= 11 is 0. The van der Waals surface area contributed by atoms with E-state index in [0.29, 0.717) is 5.92 Å². The summed E-state index contributed by atoms with van der Waals surface area (Å²) < 4.78 is 5.10. The van der Waals surface area contributed by atoms with Crippen molar-refractivity contribution in [2.75, 3.05) is 13.1 Å². The maximum absolute atomic E-state index is 5.10. The molecule has 66 valence electrons. The third kappa shape index (κ3) is 1.39. The molecule has 0 bridgehead atoms. The maximum Gasteiger partial charge on any atom is 0.0937 e. The zero-order valence-corrected chi connectivity index (χ0v) is 7.42. The average Bonchev–Trinajstić information content (AvgIpc) is 2.57. The van der Waals surface area contributed by atoms with E-state index >= 15 is 0 Å². The van der Waals surface area contributed by atoms with Crippen LogP contribution in [0.15, 0.2) is 23.0 Å². The quantitative estimate of drug-likeness (QED) is 0.688. The molecule has 1 N–H and O–H groups in total. The van der Waals surface area contributed by atoms with Gasteiger partial charge in [0.1, 0.15) is 0 Å². The second-order valence-corrected chi connectivity index (χ2v) is 3.63. The molecule has 0 amide bonds. The van der Waals surface area contributed by atoms with E-state index in [-0.39, 0.29) is 0 Å². The standard InChI is InChI=1S/C10H15NO/c1-8-6-11-4-2-10(8)9-3-5-12-7-9/h3,5,7-8,10-11H,2,4,6H2,1H3. The Bertz CT molecular complexity index is 230. The van der Waals surface area contributed by atoms with E-state index < -0.39 is 0 Å². The van der Waals surface area contributed by atoms with Gasteiger partial charge in [0.05, 0.1) is 12.5 Å². The van der Waals surface area contributed by atoms with Gasteiger partial charge < -0.3 is 9.73 Å². The Morgan fingerprint density at radius 1 is 1.58 bits per heavy atom. The Morgan fingerprint density at radius 2 is 2.50 bits per heavy atom. The van der Waals surface area contributed by atoms with Gasteiger partial charge in [-0.05, 0) is 43.0 Å². The highest BCUT2D eigenvalue weighted by Gasteiger charge is 2.22. The fourth-order valence-corrected chi connectivity index (χ4v) is 2.00. The van der Waals surface area contributed by atoms with Crippen LogP contribution in [0.4, 0.5) is 0 Å². The summed E-state index contributed by atoms with van der Waals surface area (Å²) in [6.45, 7) is 4.57. The molecule has 0 saturated carbocycles. The second kappa shape index (κ2) is 3.31. The lowest BCUT2D eigenvalue weighted by Crippen LogP contribution is -2.33. The lowest BCUT2D eigenvalue weighted by molar-refractivity contribution is 0.347. The van der Waals surface area contributed by atoms with Gasteiger partial charge in [-0.25, -0.2) is 0 Å². The predicted octanol–water partition coefficient (Wildman–Crippen LogP) is 1.99. The Hall–Kier alpha value is -0.760. The molecule has 2 heterocycles. The summed E-state index contributed by atoms with van der Waals surface area (Å²) in [7, 11) is 0. The van der Waals surface area contributed by atoms with Gasteiger partial charge in [-0.2, -0.15) is 0 Å². The van der Waals surface area contributed by atoms with Gasteiger partial charge >= 0.3 is 0 Å². The van der Waals surface area contributed by atoms with Crippen LogP contribution in [0.2, 0.25) is 0 Å². The summed E-state index contributed by atoms with van der Waals surface area (Å²) in [5, 5.41) is 3.40. The smallest absolute Gasteiger partial charge is 0.0937 e. The van der Waals surface area contributed by atoms with Crippen molar-refractivity contribution in [3.05, 3.63) is 24.2 Å². The second-order valence-electron chi connectivity index (χ2n) is 3.63. The summed E-state index contributed by atoms with van der Waals surface area (Å²) in [5.74, 6) is 1.43. The first-order valence-corrected chi connectivity index (χ1v) is 4.61. The molecule has 2 heteroatoms. The molecule has 2 atom stereocenters. The molecular weight excluding hydrogens is 150 g/mol. The number of piperidine rings is 1. The van der Waals surface area contributed by atoms with E-state index in [1.807, 2.05) is 6.26 Å². The number of rotatable bonds is 1. The fraction of sp³-hybridized carbons (Fsp3) is 0.600. The van der Waals surface area contributed by atoms with E-state index in [9.17, 15) is 0 Å². The van der Waals surface area contributed by atoms with Crippen LogP contribution in [-0.2, 0) is 0 Å². The van der Waals surface area contributed by atoms with E-state index in [1.165, 1.54) is 12.0 Å². The highest BCUT2D eigenvalue weighted by Crippen LogP contribution is 2.29. The van der Waals surface area contributed by atoms with Crippen molar-refractivity contribution in [2.24, 2.45) is 5.92 Å². The molecule has 2 nitrogen and oxygen atoms in total. The van der Waals surface area contributed by atoms with Crippen LogP contribution in [0.25, 0.3) is 0 Å². The Labute approximate surface area is 73.0 Å². The van der Waals surface area contributed by atoms with Crippen molar-refractivity contribution >= 4 is 0 Å². The van der Waals surface area contributed by atoms with Crippen molar-refractivity contribution in [3.63, 3.8) is 0 Å². The Balaban J connectivity index is 2.11. The summed E-state index contributed by atoms with van der Waals surface area (Å²) in [6.07, 6.45) is 4.89. The van der Waals surface area contributed by atoms with E-state index in [0.717, 1.165) is 19.0 Å². The number of hydrogen-bond acceptors (Lipinski definition) is 2. The van der Waals surface area contributed by atoms with Gasteiger partial charge in [0.15, 0.2) is 0 Å². The first kappa shape index (κ1) is 7.87. The van der Waals surface area contributed by atoms with Crippen LogP contribution in [0.1, 0.15) is 24.8 Å². The van der Waals surface area contributed by atoms with E-state index in [2.05, 4.69) is 18.3 Å². The summed E-state index contributed by atoms with van der Waals surface area (Å²) in [5.41, 5.74) is 1.36. The van der Waals surface area contributed by atoms with Crippen molar-refractivity contribution in [1.29, 1.82) is 0 Å². The molecule has 1 aliphatic heterocycles. The fourth-order valence-electron chi connectivity index (χ4n) is 2.00. The maximum atomic E-state index is 5.10. The van der Waals surface area contributed by atoms with Crippen LogP contribution >= 0.6 is 0 Å². The van der Waals surface area contributed by atoms with E-state index in [4.69, 9.17) is 4.42 Å². The zero-order chi connectivity index (χ0) is 8.39. The first-order valence-electron chi connectivity index (χ1n) is 4.61. The van der Waals surface area contributed by atoms with Gasteiger partial charge in [-0.15, -0.1) is 0 Å². The summed E-state index contributed by atoms with van der Waals surface area (Å²) in [4.78, 5) is 0. The zero-order valence-electron chi connectivity index (χ0n) is 7.42. The van der Waals surface area contributed by atoms with Gasteiger partial charge in [0.2, 0.25) is 0 Å². The highest BCUT2D eigenvalue weighted by molar-refractivity contribution is 5.14. The molecule has 2 unspecified atom stereocenters. The number of hydrogen-bond donors (Lipinski definition) is 1. The normalized spacial score (nSPS) is 30.4. The van der Waals surface area contributed by atoms with Crippen LogP contribution in [0, 0.1) is 5.92 Å². The van der Waals surface area contributed by atoms with Crippen molar-refractivity contribution in [2.45, 2.75) is 19.3 Å². The van der Waals surface area contributed by atoms with Gasteiger partial charge in [-0.1, -0.05) is 6.92 Å². The SMILES string of the molecule is CC1CNCCC1c1ccoc1. The molecule has 1 aliphatic rings. The molecule has 0 aliphatic carbocycles. The molecule has 0 aromatic carbocycles. The lowest BCUT2D eigenvalue weighted by Gasteiger charge is -2.28. The third-order valence-corrected chi connectivity index (χ3v) is 2.76.